The SMILES string of the molecule is O=C(Nc1ccc(F)cc1)N1CCN(C2c3ccc(Cl)cc3CCc3cc(Br)cnc32)CC1. The number of carbonyl (C=O) groups excluding carboxylic acids is 1. The first-order valence-corrected chi connectivity index (χ1v) is 12.1. The average molecular weight is 530 g/mol. The molecule has 1 aromatic heterocycles. The van der Waals surface area contributed by atoms with Gasteiger partial charge in [-0.05, 0) is 87.9 Å². The molecule has 3 aromatic rings. The van der Waals surface area contributed by atoms with E-state index in [0.717, 1.165) is 41.1 Å². The smallest absolute Gasteiger partial charge is 0.321 e. The van der Waals surface area contributed by atoms with E-state index in [4.69, 9.17) is 16.6 Å². The molecule has 0 bridgehead atoms. The summed E-state index contributed by atoms with van der Waals surface area (Å²) < 4.78 is 14.1. The fraction of sp³-hybridized carbons (Fsp3) is 0.280. The zero-order valence-electron chi connectivity index (χ0n) is 17.9. The molecule has 1 saturated heterocycles. The first-order chi connectivity index (χ1) is 16.0. The Morgan fingerprint density at radius 1 is 1.03 bits per heavy atom. The predicted octanol–water partition coefficient (Wildman–Crippen LogP) is 5.67. The maximum Gasteiger partial charge on any atom is 0.321 e. The van der Waals surface area contributed by atoms with Gasteiger partial charge >= 0.3 is 6.03 Å². The number of piperazine rings is 1. The zero-order chi connectivity index (χ0) is 22.9. The molecule has 0 radical (unpaired) electrons. The van der Waals surface area contributed by atoms with Crippen LogP contribution in [0.2, 0.25) is 5.02 Å². The van der Waals surface area contributed by atoms with Crippen molar-refractivity contribution in [1.29, 1.82) is 0 Å². The molecular weight excluding hydrogens is 507 g/mol. The lowest BCUT2D eigenvalue weighted by atomic mass is 9.96. The van der Waals surface area contributed by atoms with Crippen LogP contribution in [0.3, 0.4) is 0 Å². The standard InChI is InChI=1S/C25H23BrClFN4O/c26-18-13-17-2-1-16-14-19(27)3-8-22(16)24(23(17)29-15-18)31-9-11-32(12-10-31)25(33)30-21-6-4-20(28)5-7-21/h3-8,13-15,24H,1-2,9-12H2,(H,30,33). The van der Waals surface area contributed by atoms with E-state index < -0.39 is 0 Å². The van der Waals surface area contributed by atoms with Crippen LogP contribution in [0.5, 0.6) is 0 Å². The average Bonchev–Trinajstić information content (AvgIpc) is 2.97. The number of urea groups is 1. The highest BCUT2D eigenvalue weighted by atomic mass is 79.9. The topological polar surface area (TPSA) is 48.5 Å². The first kappa shape index (κ1) is 22.3. The lowest BCUT2D eigenvalue weighted by Gasteiger charge is -2.39. The Hall–Kier alpha value is -2.48. The van der Waals surface area contributed by atoms with E-state index in [1.165, 1.54) is 28.8 Å². The maximum absolute atomic E-state index is 13.1. The maximum atomic E-state index is 13.1. The molecule has 1 atom stereocenters. The van der Waals surface area contributed by atoms with Crippen molar-refractivity contribution in [2.75, 3.05) is 31.5 Å². The second-order valence-corrected chi connectivity index (χ2v) is 9.76. The largest absolute Gasteiger partial charge is 0.322 e. The fourth-order valence-corrected chi connectivity index (χ4v) is 5.27. The number of carbonyl (C=O) groups is 1. The number of halogens is 3. The van der Waals surface area contributed by atoms with Crippen LogP contribution in [0, 0.1) is 5.82 Å². The van der Waals surface area contributed by atoms with Crippen LogP contribution in [0.25, 0.3) is 0 Å². The van der Waals surface area contributed by atoms with Gasteiger partial charge in [-0.2, -0.15) is 0 Å². The predicted molar refractivity (Wildman–Crippen MR) is 131 cm³/mol. The molecule has 1 aliphatic heterocycles. The summed E-state index contributed by atoms with van der Waals surface area (Å²) in [6.45, 7) is 2.64. The minimum atomic E-state index is -0.326. The molecule has 2 aromatic carbocycles. The van der Waals surface area contributed by atoms with Crippen LogP contribution in [0.1, 0.15) is 28.4 Å². The first-order valence-electron chi connectivity index (χ1n) is 11.0. The zero-order valence-corrected chi connectivity index (χ0v) is 20.2. The summed E-state index contributed by atoms with van der Waals surface area (Å²) >= 11 is 9.88. The quantitative estimate of drug-likeness (QED) is 0.465. The molecule has 33 heavy (non-hydrogen) atoms. The van der Waals surface area contributed by atoms with Crippen molar-refractivity contribution in [2.45, 2.75) is 18.9 Å². The Kier molecular flexibility index (Phi) is 6.36. The number of aromatic nitrogens is 1. The molecule has 8 heteroatoms. The highest BCUT2D eigenvalue weighted by Crippen LogP contribution is 2.38. The summed E-state index contributed by atoms with van der Waals surface area (Å²) in [6.07, 6.45) is 3.68. The number of nitrogens with zero attached hydrogens (tertiary/aromatic N) is 3. The van der Waals surface area contributed by atoms with Crippen molar-refractivity contribution in [3.63, 3.8) is 0 Å². The second-order valence-electron chi connectivity index (χ2n) is 8.40. The van der Waals surface area contributed by atoms with Gasteiger partial charge in [-0.25, -0.2) is 9.18 Å². The number of pyridine rings is 1. The van der Waals surface area contributed by atoms with Gasteiger partial charge in [0.25, 0.3) is 0 Å². The summed E-state index contributed by atoms with van der Waals surface area (Å²) in [5.74, 6) is -0.326. The summed E-state index contributed by atoms with van der Waals surface area (Å²) in [4.78, 5) is 21.8. The highest BCUT2D eigenvalue weighted by Gasteiger charge is 2.33. The van der Waals surface area contributed by atoms with E-state index in [1.54, 1.807) is 17.0 Å². The number of aryl methyl sites for hydroxylation is 2. The Morgan fingerprint density at radius 2 is 1.76 bits per heavy atom. The molecule has 5 rings (SSSR count). The van der Waals surface area contributed by atoms with E-state index in [9.17, 15) is 9.18 Å². The van der Waals surface area contributed by atoms with Crippen molar-refractivity contribution in [3.05, 3.63) is 92.4 Å². The van der Waals surface area contributed by atoms with E-state index in [2.05, 4.69) is 44.3 Å². The van der Waals surface area contributed by atoms with Gasteiger partial charge in [0, 0.05) is 47.6 Å². The van der Waals surface area contributed by atoms with Crippen LogP contribution in [-0.2, 0) is 12.8 Å². The minimum Gasteiger partial charge on any atom is -0.322 e. The van der Waals surface area contributed by atoms with Gasteiger partial charge in [0.05, 0.1) is 11.7 Å². The van der Waals surface area contributed by atoms with Gasteiger partial charge in [0.15, 0.2) is 0 Å². The van der Waals surface area contributed by atoms with Crippen molar-refractivity contribution >= 4 is 39.2 Å². The fourth-order valence-electron chi connectivity index (χ4n) is 4.70. The molecule has 1 N–H and O–H groups in total. The van der Waals surface area contributed by atoms with Gasteiger partial charge in [-0.15, -0.1) is 0 Å². The number of anilines is 1. The third kappa shape index (κ3) is 4.76. The van der Waals surface area contributed by atoms with E-state index in [0.29, 0.717) is 18.8 Å². The summed E-state index contributed by atoms with van der Waals surface area (Å²) in [5, 5.41) is 3.60. The second kappa shape index (κ2) is 9.41. The lowest BCUT2D eigenvalue weighted by molar-refractivity contribution is 0.125. The van der Waals surface area contributed by atoms with E-state index >= 15 is 0 Å². The molecule has 0 spiro atoms. The normalized spacial score (nSPS) is 18.3. The summed E-state index contributed by atoms with van der Waals surface area (Å²) in [7, 11) is 0. The van der Waals surface area contributed by atoms with Gasteiger partial charge in [0.1, 0.15) is 5.82 Å². The minimum absolute atomic E-state index is 0.0187. The lowest BCUT2D eigenvalue weighted by Crippen LogP contribution is -2.51. The van der Waals surface area contributed by atoms with Gasteiger partial charge < -0.3 is 10.2 Å². The Balaban J connectivity index is 1.36. The van der Waals surface area contributed by atoms with Crippen molar-refractivity contribution < 1.29 is 9.18 Å². The molecule has 1 unspecified atom stereocenters. The molecule has 2 aliphatic rings. The number of amides is 2. The highest BCUT2D eigenvalue weighted by molar-refractivity contribution is 9.10. The molecule has 1 fully saturated rings. The number of rotatable bonds is 2. The van der Waals surface area contributed by atoms with Gasteiger partial charge in [-0.1, -0.05) is 17.7 Å². The number of hydrogen-bond donors (Lipinski definition) is 1. The van der Waals surface area contributed by atoms with Crippen LogP contribution in [0.15, 0.2) is 59.2 Å². The number of nitrogens with one attached hydrogen (secondary N) is 1. The molecule has 0 saturated carbocycles. The number of hydrogen-bond acceptors (Lipinski definition) is 3. The van der Waals surface area contributed by atoms with E-state index in [-0.39, 0.29) is 17.9 Å². The third-order valence-corrected chi connectivity index (χ3v) is 7.02. The molecule has 1 aliphatic carbocycles. The van der Waals surface area contributed by atoms with E-state index in [1.807, 2.05) is 12.3 Å². The van der Waals surface area contributed by atoms with Crippen LogP contribution in [0.4, 0.5) is 14.9 Å². The van der Waals surface area contributed by atoms with Crippen LogP contribution < -0.4 is 5.32 Å². The van der Waals surface area contributed by atoms with Gasteiger partial charge in [0.2, 0.25) is 0 Å². The summed E-state index contributed by atoms with van der Waals surface area (Å²) in [5.41, 5.74) is 5.37. The molecular formula is C25H23BrClFN4O. The van der Waals surface area contributed by atoms with Crippen molar-refractivity contribution in [3.8, 4) is 0 Å². The Labute approximate surface area is 205 Å². The Morgan fingerprint density at radius 3 is 2.52 bits per heavy atom. The van der Waals surface area contributed by atoms with Crippen molar-refractivity contribution in [1.82, 2.24) is 14.8 Å². The molecule has 2 amide bonds. The molecule has 2 heterocycles. The monoisotopic (exact) mass is 528 g/mol. The number of benzene rings is 2. The Bertz CT molecular complexity index is 1130. The van der Waals surface area contributed by atoms with Crippen LogP contribution in [-0.4, -0.2) is 47.0 Å². The van der Waals surface area contributed by atoms with Crippen molar-refractivity contribution in [2.24, 2.45) is 0 Å². The van der Waals surface area contributed by atoms with Gasteiger partial charge in [-0.3, -0.25) is 9.88 Å². The summed E-state index contributed by atoms with van der Waals surface area (Å²) in [6, 6.07) is 14.0. The number of fused-ring (bicyclic) bond motifs is 2. The molecule has 170 valence electrons. The third-order valence-electron chi connectivity index (χ3n) is 6.35. The molecule has 5 nitrogen and oxygen atoms in total. The van der Waals surface area contributed by atoms with Crippen LogP contribution >= 0.6 is 27.5 Å².